The Bertz CT molecular complexity index is 1560. The third-order valence-electron chi connectivity index (χ3n) is 8.54. The Morgan fingerprint density at radius 3 is 2.82 bits per heavy atom. The fraction of sp³-hybridized carbons (Fsp3) is 0.556. The van der Waals surface area contributed by atoms with E-state index in [4.69, 9.17) is 21.1 Å². The Hall–Kier alpha value is -2.79. The number of carbonyl (C=O) groups excluding carboxylic acids is 2. The maximum atomic E-state index is 15.3. The van der Waals surface area contributed by atoms with Gasteiger partial charge >= 0.3 is 12.2 Å². The fourth-order valence-electron chi connectivity index (χ4n) is 6.97. The molecule has 5 aliphatic rings. The van der Waals surface area contributed by atoms with Crippen LogP contribution in [0.15, 0.2) is 17.3 Å². The van der Waals surface area contributed by atoms with Gasteiger partial charge in [-0.2, -0.15) is 0 Å². The number of pyridine rings is 2. The number of cyclic esters (lactones) is 1. The molecule has 8 rings (SSSR count). The summed E-state index contributed by atoms with van der Waals surface area (Å²) >= 11 is 7.50. The molecule has 7 heterocycles. The second-order valence-corrected chi connectivity index (χ2v) is 13.0. The van der Waals surface area contributed by atoms with Crippen LogP contribution in [0.1, 0.15) is 57.8 Å². The van der Waals surface area contributed by atoms with Crippen LogP contribution in [-0.2, 0) is 9.47 Å². The second kappa shape index (κ2) is 8.60. The van der Waals surface area contributed by atoms with Crippen LogP contribution < -0.4 is 0 Å². The number of halogens is 2. The molecule has 0 radical (unpaired) electrons. The number of hydrogen-bond donors (Lipinski definition) is 0. The van der Waals surface area contributed by atoms with E-state index in [2.05, 4.69) is 20.6 Å². The molecule has 4 aliphatic heterocycles. The van der Waals surface area contributed by atoms with E-state index in [9.17, 15) is 9.59 Å². The summed E-state index contributed by atoms with van der Waals surface area (Å²) in [5, 5.41) is 1.88. The quantitative estimate of drug-likeness (QED) is 0.283. The van der Waals surface area contributed by atoms with Gasteiger partial charge in [0.05, 0.1) is 29.7 Å². The van der Waals surface area contributed by atoms with Crippen LogP contribution >= 0.6 is 23.4 Å². The molecule has 3 aromatic heterocycles. The monoisotopic (exact) mass is 573 g/mol. The smallest absolute Gasteiger partial charge is 0.410 e. The lowest BCUT2D eigenvalue weighted by atomic mass is 9.79. The minimum atomic E-state index is -0.656. The summed E-state index contributed by atoms with van der Waals surface area (Å²) in [5.74, 6) is -0.456. The summed E-state index contributed by atoms with van der Waals surface area (Å²) in [6, 6.07) is 1.81. The molecule has 39 heavy (non-hydrogen) atoms. The van der Waals surface area contributed by atoms with E-state index in [1.807, 2.05) is 36.8 Å². The third-order valence-corrected chi connectivity index (χ3v) is 9.50. The van der Waals surface area contributed by atoms with Crippen LogP contribution in [0.2, 0.25) is 5.15 Å². The molecule has 3 aromatic rings. The largest absolute Gasteiger partial charge is 0.447 e. The van der Waals surface area contributed by atoms with Crippen LogP contribution in [0, 0.1) is 11.7 Å². The first-order chi connectivity index (χ1) is 18.6. The zero-order valence-electron chi connectivity index (χ0n) is 22.1. The number of rotatable bonds is 3. The Labute approximate surface area is 233 Å². The van der Waals surface area contributed by atoms with Gasteiger partial charge in [-0.3, -0.25) is 4.90 Å². The standard InChI is InChI=1S/C27H29ClFN5O4S/c1-27(2,3)38-25(35)32-10-12-7-18(32)21(12)34-17(16-6-5-13-11-37-26(36)33(13)16)8-14-22(34)15-9-30-23(28)19(29)20(15)31-24(14)39-4/h8-9,12-13,16,18,21H,5-7,10-11H2,1-4H3/t12-,13+,16?,18-,21+/m1/s1. The molecule has 4 saturated heterocycles. The normalized spacial score (nSPS) is 27.8. The van der Waals surface area contributed by atoms with E-state index in [0.717, 1.165) is 35.9 Å². The lowest BCUT2D eigenvalue weighted by Gasteiger charge is -2.40. The minimum Gasteiger partial charge on any atom is -0.447 e. The molecule has 2 bridgehead atoms. The highest BCUT2D eigenvalue weighted by molar-refractivity contribution is 7.98. The van der Waals surface area contributed by atoms with Crippen molar-refractivity contribution >= 4 is 57.4 Å². The van der Waals surface area contributed by atoms with Crippen molar-refractivity contribution in [3.63, 3.8) is 0 Å². The van der Waals surface area contributed by atoms with Crippen molar-refractivity contribution in [1.29, 1.82) is 0 Å². The second-order valence-electron chi connectivity index (χ2n) is 11.9. The van der Waals surface area contributed by atoms with Gasteiger partial charge in [0.25, 0.3) is 0 Å². The first-order valence-electron chi connectivity index (χ1n) is 13.2. The zero-order chi connectivity index (χ0) is 27.4. The third kappa shape index (κ3) is 3.65. The van der Waals surface area contributed by atoms with E-state index in [0.29, 0.717) is 23.6 Å². The molecular formula is C27H29ClFN5O4S. The Balaban J connectivity index is 1.44. The van der Waals surface area contributed by atoms with Gasteiger partial charge in [0.2, 0.25) is 0 Å². The molecule has 0 spiro atoms. The van der Waals surface area contributed by atoms with E-state index in [-0.39, 0.29) is 52.9 Å². The van der Waals surface area contributed by atoms with Crippen molar-refractivity contribution < 1.29 is 23.5 Å². The predicted octanol–water partition coefficient (Wildman–Crippen LogP) is 5.93. The molecule has 1 unspecified atom stereocenters. The van der Waals surface area contributed by atoms with Crippen LogP contribution in [0.3, 0.4) is 0 Å². The molecule has 9 nitrogen and oxygen atoms in total. The molecule has 1 aliphatic carbocycles. The summed E-state index contributed by atoms with van der Waals surface area (Å²) in [6.45, 7) is 6.56. The molecule has 5 fully saturated rings. The summed E-state index contributed by atoms with van der Waals surface area (Å²) in [7, 11) is 0. The Morgan fingerprint density at radius 1 is 1.28 bits per heavy atom. The molecule has 12 heteroatoms. The van der Waals surface area contributed by atoms with Crippen molar-refractivity contribution in [3.8, 4) is 0 Å². The first kappa shape index (κ1) is 25.2. The number of amides is 2. The van der Waals surface area contributed by atoms with Crippen LogP contribution in [0.4, 0.5) is 14.0 Å². The summed E-state index contributed by atoms with van der Waals surface area (Å²) in [5.41, 5.74) is 1.33. The fourth-order valence-corrected chi connectivity index (χ4v) is 7.67. The number of hydrogen-bond acceptors (Lipinski definition) is 7. The lowest BCUT2D eigenvalue weighted by molar-refractivity contribution is 0.0209. The van der Waals surface area contributed by atoms with E-state index in [1.165, 1.54) is 11.8 Å². The van der Waals surface area contributed by atoms with Gasteiger partial charge in [-0.1, -0.05) is 11.6 Å². The Morgan fingerprint density at radius 2 is 2.08 bits per heavy atom. The number of nitrogens with zero attached hydrogens (tertiary/aromatic N) is 5. The number of carbonyl (C=O) groups is 2. The van der Waals surface area contributed by atoms with Crippen molar-refractivity contribution in [2.24, 2.45) is 5.92 Å². The summed E-state index contributed by atoms with van der Waals surface area (Å²) in [4.78, 5) is 38.4. The topological polar surface area (TPSA) is 89.8 Å². The van der Waals surface area contributed by atoms with Gasteiger partial charge in [-0.25, -0.2) is 23.9 Å². The predicted molar refractivity (Wildman–Crippen MR) is 145 cm³/mol. The first-order valence-corrected chi connectivity index (χ1v) is 14.8. The van der Waals surface area contributed by atoms with Gasteiger partial charge in [-0.05, 0) is 52.4 Å². The highest BCUT2D eigenvalue weighted by Gasteiger charge is 2.57. The number of thioether (sulfide) groups is 1. The van der Waals surface area contributed by atoms with Gasteiger partial charge in [0, 0.05) is 35.1 Å². The summed E-state index contributed by atoms with van der Waals surface area (Å²) in [6.07, 6.45) is 5.36. The van der Waals surface area contributed by atoms with Crippen molar-refractivity contribution in [1.82, 2.24) is 24.3 Å². The number of ether oxygens (including phenoxy) is 2. The SMILES string of the molecule is CSc1nc2c(F)c(Cl)ncc2c2c1cc(C1CC[C@H]3COC(=O)N13)n2[C@H]1[C@@H]2C[C@H]1N(C(=O)OC(C)(C)C)C2. The molecule has 206 valence electrons. The average Bonchev–Trinajstić information content (AvgIpc) is 3.67. The molecule has 5 atom stereocenters. The van der Waals surface area contributed by atoms with Crippen molar-refractivity contribution in [3.05, 3.63) is 28.9 Å². The Kier molecular flexibility index (Phi) is 5.56. The maximum absolute atomic E-state index is 15.3. The summed E-state index contributed by atoms with van der Waals surface area (Å²) < 4.78 is 28.7. The van der Waals surface area contributed by atoms with Gasteiger partial charge < -0.3 is 18.9 Å². The highest BCUT2D eigenvalue weighted by atomic mass is 35.5. The van der Waals surface area contributed by atoms with E-state index < -0.39 is 11.4 Å². The molecule has 0 aromatic carbocycles. The van der Waals surface area contributed by atoms with Crippen molar-refractivity contribution in [2.45, 2.75) is 74.8 Å². The number of aromatic nitrogens is 3. The molecular weight excluding hydrogens is 545 g/mol. The van der Waals surface area contributed by atoms with Gasteiger partial charge in [0.15, 0.2) is 11.0 Å². The number of fused-ring (bicyclic) bond motifs is 5. The van der Waals surface area contributed by atoms with Crippen molar-refractivity contribution in [2.75, 3.05) is 19.4 Å². The minimum absolute atomic E-state index is 0.0399. The van der Waals surface area contributed by atoms with Gasteiger partial charge in [-0.15, -0.1) is 11.8 Å². The van der Waals surface area contributed by atoms with Crippen LogP contribution in [-0.4, -0.2) is 73.6 Å². The molecule has 2 amide bonds. The zero-order valence-corrected chi connectivity index (χ0v) is 23.7. The van der Waals surface area contributed by atoms with Crippen LogP contribution in [0.5, 0.6) is 0 Å². The van der Waals surface area contributed by atoms with E-state index in [1.54, 1.807) is 6.20 Å². The average molecular weight is 574 g/mol. The van der Waals surface area contributed by atoms with E-state index >= 15 is 4.39 Å². The van der Waals surface area contributed by atoms with Gasteiger partial charge in [0.1, 0.15) is 22.8 Å². The maximum Gasteiger partial charge on any atom is 0.410 e. The van der Waals surface area contributed by atoms with Crippen LogP contribution in [0.25, 0.3) is 21.8 Å². The lowest BCUT2D eigenvalue weighted by Crippen LogP contribution is -2.45. The highest BCUT2D eigenvalue weighted by Crippen LogP contribution is 2.54. The molecule has 1 saturated carbocycles. The molecule has 0 N–H and O–H groups in total.